The molecular formula is C12H15N3O. The Morgan fingerprint density at radius 1 is 1.50 bits per heavy atom. The lowest BCUT2D eigenvalue weighted by molar-refractivity contribution is 0.473. The highest BCUT2D eigenvalue weighted by Gasteiger charge is 2.06. The van der Waals surface area contributed by atoms with Gasteiger partial charge < -0.3 is 15.4 Å². The zero-order valence-electron chi connectivity index (χ0n) is 9.14. The van der Waals surface area contributed by atoms with Crippen LogP contribution < -0.4 is 5.32 Å². The summed E-state index contributed by atoms with van der Waals surface area (Å²) in [4.78, 5) is 7.24. The van der Waals surface area contributed by atoms with E-state index >= 15 is 0 Å². The average Bonchev–Trinajstić information content (AvgIpc) is 2.79. The molecule has 1 aromatic carbocycles. The van der Waals surface area contributed by atoms with Gasteiger partial charge in [0.25, 0.3) is 0 Å². The fourth-order valence-corrected chi connectivity index (χ4v) is 1.55. The standard InChI is InChI=1S/C12H15N3O/c1-9(12-13-5-6-14-12)15-8-10-3-2-4-11(16)7-10/h2-7,9,15-16H,8H2,1H3,(H,13,14). The van der Waals surface area contributed by atoms with E-state index in [1.165, 1.54) is 0 Å². The van der Waals surface area contributed by atoms with Crippen LogP contribution in [-0.4, -0.2) is 15.1 Å². The maximum absolute atomic E-state index is 9.32. The first-order chi connectivity index (χ1) is 7.75. The summed E-state index contributed by atoms with van der Waals surface area (Å²) >= 11 is 0. The summed E-state index contributed by atoms with van der Waals surface area (Å²) in [6.07, 6.45) is 3.55. The number of rotatable bonds is 4. The Bertz CT molecular complexity index is 439. The molecule has 0 spiro atoms. The van der Waals surface area contributed by atoms with Crippen LogP contribution in [0.5, 0.6) is 5.75 Å². The molecule has 3 N–H and O–H groups in total. The molecular weight excluding hydrogens is 202 g/mol. The molecule has 0 radical (unpaired) electrons. The molecule has 1 unspecified atom stereocenters. The molecule has 1 aromatic heterocycles. The van der Waals surface area contributed by atoms with Crippen molar-refractivity contribution in [3.63, 3.8) is 0 Å². The van der Waals surface area contributed by atoms with Gasteiger partial charge in [-0.3, -0.25) is 0 Å². The van der Waals surface area contributed by atoms with E-state index in [4.69, 9.17) is 0 Å². The first-order valence-corrected chi connectivity index (χ1v) is 5.26. The zero-order chi connectivity index (χ0) is 11.4. The van der Waals surface area contributed by atoms with Crippen LogP contribution in [0.2, 0.25) is 0 Å². The number of aromatic nitrogens is 2. The van der Waals surface area contributed by atoms with Crippen molar-refractivity contribution in [3.8, 4) is 5.75 Å². The van der Waals surface area contributed by atoms with Crippen molar-refractivity contribution in [2.75, 3.05) is 0 Å². The molecule has 2 rings (SSSR count). The fourth-order valence-electron chi connectivity index (χ4n) is 1.55. The third-order valence-corrected chi connectivity index (χ3v) is 2.45. The summed E-state index contributed by atoms with van der Waals surface area (Å²) in [5.41, 5.74) is 1.05. The lowest BCUT2D eigenvalue weighted by Crippen LogP contribution is -2.19. The third-order valence-electron chi connectivity index (χ3n) is 2.45. The van der Waals surface area contributed by atoms with Crippen LogP contribution in [-0.2, 0) is 6.54 Å². The minimum atomic E-state index is 0.164. The second-order valence-electron chi connectivity index (χ2n) is 3.75. The first kappa shape index (κ1) is 10.7. The number of nitrogens with one attached hydrogen (secondary N) is 2. The number of nitrogens with zero attached hydrogens (tertiary/aromatic N) is 1. The zero-order valence-corrected chi connectivity index (χ0v) is 9.14. The predicted molar refractivity (Wildman–Crippen MR) is 61.9 cm³/mol. The van der Waals surface area contributed by atoms with Gasteiger partial charge in [0.05, 0.1) is 6.04 Å². The molecule has 0 bridgehead atoms. The van der Waals surface area contributed by atoms with Crippen LogP contribution in [0.15, 0.2) is 36.7 Å². The van der Waals surface area contributed by atoms with E-state index in [1.54, 1.807) is 18.3 Å². The lowest BCUT2D eigenvalue weighted by Gasteiger charge is -2.11. The number of phenols is 1. The van der Waals surface area contributed by atoms with Crippen LogP contribution >= 0.6 is 0 Å². The summed E-state index contributed by atoms with van der Waals surface area (Å²) in [7, 11) is 0. The Labute approximate surface area is 94.4 Å². The van der Waals surface area contributed by atoms with Gasteiger partial charge in [0, 0.05) is 18.9 Å². The van der Waals surface area contributed by atoms with Gasteiger partial charge in [-0.25, -0.2) is 4.98 Å². The van der Waals surface area contributed by atoms with Crippen molar-refractivity contribution in [1.82, 2.24) is 15.3 Å². The fraction of sp³-hybridized carbons (Fsp3) is 0.250. The van der Waals surface area contributed by atoms with Crippen molar-refractivity contribution in [1.29, 1.82) is 0 Å². The van der Waals surface area contributed by atoms with E-state index in [1.807, 2.05) is 25.3 Å². The van der Waals surface area contributed by atoms with Crippen LogP contribution in [0.4, 0.5) is 0 Å². The van der Waals surface area contributed by atoms with Gasteiger partial charge in [0.2, 0.25) is 0 Å². The van der Waals surface area contributed by atoms with Gasteiger partial charge in [-0.05, 0) is 24.6 Å². The quantitative estimate of drug-likeness (QED) is 0.733. The highest BCUT2D eigenvalue weighted by molar-refractivity contribution is 5.27. The normalized spacial score (nSPS) is 12.6. The molecule has 0 aliphatic heterocycles. The highest BCUT2D eigenvalue weighted by atomic mass is 16.3. The van der Waals surface area contributed by atoms with Crippen LogP contribution in [0.1, 0.15) is 24.4 Å². The molecule has 0 saturated carbocycles. The number of aromatic amines is 1. The van der Waals surface area contributed by atoms with Gasteiger partial charge in [-0.1, -0.05) is 12.1 Å². The van der Waals surface area contributed by atoms with E-state index in [2.05, 4.69) is 15.3 Å². The van der Waals surface area contributed by atoms with Crippen molar-refractivity contribution >= 4 is 0 Å². The van der Waals surface area contributed by atoms with Crippen molar-refractivity contribution < 1.29 is 5.11 Å². The molecule has 1 atom stereocenters. The maximum atomic E-state index is 9.32. The summed E-state index contributed by atoms with van der Waals surface area (Å²) < 4.78 is 0. The molecule has 1 heterocycles. The third kappa shape index (κ3) is 2.61. The number of benzene rings is 1. The van der Waals surface area contributed by atoms with Crippen LogP contribution in [0, 0.1) is 0 Å². The number of H-pyrrole nitrogens is 1. The van der Waals surface area contributed by atoms with Gasteiger partial charge >= 0.3 is 0 Å². The van der Waals surface area contributed by atoms with Crippen LogP contribution in [0.3, 0.4) is 0 Å². The summed E-state index contributed by atoms with van der Waals surface area (Å²) in [5, 5.41) is 12.6. The Kier molecular flexibility index (Phi) is 3.22. The number of hydrogen-bond donors (Lipinski definition) is 3. The number of hydrogen-bond acceptors (Lipinski definition) is 3. The highest BCUT2D eigenvalue weighted by Crippen LogP contribution is 2.12. The molecule has 16 heavy (non-hydrogen) atoms. The summed E-state index contributed by atoms with van der Waals surface area (Å²) in [5.74, 6) is 1.21. The van der Waals surface area contributed by atoms with Crippen molar-refractivity contribution in [2.24, 2.45) is 0 Å². The first-order valence-electron chi connectivity index (χ1n) is 5.26. The minimum absolute atomic E-state index is 0.164. The molecule has 0 fully saturated rings. The second kappa shape index (κ2) is 4.81. The Morgan fingerprint density at radius 3 is 3.06 bits per heavy atom. The van der Waals surface area contributed by atoms with E-state index in [9.17, 15) is 5.11 Å². The van der Waals surface area contributed by atoms with Crippen molar-refractivity contribution in [2.45, 2.75) is 19.5 Å². The summed E-state index contributed by atoms with van der Waals surface area (Å²) in [6.45, 7) is 2.75. The van der Waals surface area contributed by atoms with E-state index in [-0.39, 0.29) is 6.04 Å². The molecule has 0 aliphatic carbocycles. The lowest BCUT2D eigenvalue weighted by atomic mass is 10.2. The second-order valence-corrected chi connectivity index (χ2v) is 3.75. The van der Waals surface area contributed by atoms with E-state index < -0.39 is 0 Å². The van der Waals surface area contributed by atoms with Gasteiger partial charge in [0.1, 0.15) is 11.6 Å². The van der Waals surface area contributed by atoms with E-state index in [0.29, 0.717) is 12.3 Å². The SMILES string of the molecule is CC(NCc1cccc(O)c1)c1ncc[nH]1. The monoisotopic (exact) mass is 217 g/mol. The van der Waals surface area contributed by atoms with Gasteiger partial charge in [-0.15, -0.1) is 0 Å². The molecule has 2 aromatic rings. The van der Waals surface area contributed by atoms with Crippen molar-refractivity contribution in [3.05, 3.63) is 48.0 Å². The molecule has 0 saturated heterocycles. The van der Waals surface area contributed by atoms with Crippen LogP contribution in [0.25, 0.3) is 0 Å². The smallest absolute Gasteiger partial charge is 0.122 e. The molecule has 4 heteroatoms. The summed E-state index contributed by atoms with van der Waals surface area (Å²) in [6, 6.07) is 7.39. The molecule has 0 amide bonds. The number of aromatic hydroxyl groups is 1. The number of phenolic OH excluding ortho intramolecular Hbond substituents is 1. The topological polar surface area (TPSA) is 60.9 Å². The Morgan fingerprint density at radius 2 is 2.38 bits per heavy atom. The average molecular weight is 217 g/mol. The van der Waals surface area contributed by atoms with Gasteiger partial charge in [-0.2, -0.15) is 0 Å². The molecule has 4 nitrogen and oxygen atoms in total. The Balaban J connectivity index is 1.92. The number of imidazole rings is 1. The molecule has 84 valence electrons. The minimum Gasteiger partial charge on any atom is -0.508 e. The Hall–Kier alpha value is -1.81. The van der Waals surface area contributed by atoms with Gasteiger partial charge in [0.15, 0.2) is 0 Å². The predicted octanol–water partition coefficient (Wildman–Crippen LogP) is 1.97. The molecule has 0 aliphatic rings. The largest absolute Gasteiger partial charge is 0.508 e. The van der Waals surface area contributed by atoms with E-state index in [0.717, 1.165) is 11.4 Å². The maximum Gasteiger partial charge on any atom is 0.122 e.